The largest absolute Gasteiger partial charge is 0.494 e. The zero-order valence-corrected chi connectivity index (χ0v) is 17.5. The second-order valence-electron chi connectivity index (χ2n) is 7.81. The molecular weight excluding hydrogens is 392 g/mol. The Bertz CT molecular complexity index is 909. The molecule has 9 heteroatoms. The highest BCUT2D eigenvalue weighted by Crippen LogP contribution is 2.25. The minimum Gasteiger partial charge on any atom is -0.494 e. The Balaban J connectivity index is 1.31. The van der Waals surface area contributed by atoms with Crippen molar-refractivity contribution in [3.8, 4) is 17.2 Å². The molecule has 1 saturated heterocycles. The van der Waals surface area contributed by atoms with Gasteiger partial charge in [-0.2, -0.15) is 0 Å². The van der Waals surface area contributed by atoms with Crippen LogP contribution < -0.4 is 9.46 Å². The van der Waals surface area contributed by atoms with Gasteiger partial charge in [0, 0.05) is 24.7 Å². The van der Waals surface area contributed by atoms with Crippen molar-refractivity contribution in [2.75, 3.05) is 19.7 Å². The van der Waals surface area contributed by atoms with Gasteiger partial charge in [-0.25, -0.2) is 13.1 Å². The number of aromatic nitrogens is 2. The normalized spacial score (nSPS) is 20.2. The maximum atomic E-state index is 12.4. The average molecular weight is 421 g/mol. The molecule has 0 bridgehead atoms. The van der Waals surface area contributed by atoms with E-state index in [1.54, 1.807) is 0 Å². The Kier molecular flexibility index (Phi) is 6.17. The number of hydrogen-bond acceptors (Lipinski definition) is 7. The van der Waals surface area contributed by atoms with Crippen molar-refractivity contribution in [3.05, 3.63) is 30.2 Å². The van der Waals surface area contributed by atoms with Gasteiger partial charge in [0.25, 0.3) is 0 Å². The highest BCUT2D eigenvalue weighted by atomic mass is 32.2. The maximum Gasteiger partial charge on any atom is 0.247 e. The first-order valence-electron chi connectivity index (χ1n) is 10.3. The van der Waals surface area contributed by atoms with Crippen LogP contribution in [0.15, 0.2) is 28.7 Å². The van der Waals surface area contributed by atoms with Crippen molar-refractivity contribution < 1.29 is 17.6 Å². The van der Waals surface area contributed by atoms with Crippen LogP contribution in [0.25, 0.3) is 11.5 Å². The first-order chi connectivity index (χ1) is 14.0. The molecule has 158 valence electrons. The summed E-state index contributed by atoms with van der Waals surface area (Å²) in [7, 11) is -3.24. The van der Waals surface area contributed by atoms with Crippen LogP contribution in [0, 0.1) is 0 Å². The second kappa shape index (κ2) is 8.81. The predicted molar refractivity (Wildman–Crippen MR) is 109 cm³/mol. The van der Waals surface area contributed by atoms with E-state index >= 15 is 0 Å². The molecule has 2 aromatic rings. The molecular formula is C20H28N4O4S. The first-order valence-corrected chi connectivity index (χ1v) is 11.9. The summed E-state index contributed by atoms with van der Waals surface area (Å²) < 4.78 is 39.0. The van der Waals surface area contributed by atoms with E-state index in [9.17, 15) is 8.42 Å². The number of hydrogen-bond donors (Lipinski definition) is 1. The van der Waals surface area contributed by atoms with Crippen molar-refractivity contribution in [3.63, 3.8) is 0 Å². The SMILES string of the molecule is CCCCOc1ccc(-c2nnc(CN3CCC(S(=O)(=O)NC4CC4)C3)o2)cc1. The van der Waals surface area contributed by atoms with Gasteiger partial charge in [-0.3, -0.25) is 4.90 Å². The van der Waals surface area contributed by atoms with Crippen LogP contribution in [-0.4, -0.2) is 54.5 Å². The zero-order chi connectivity index (χ0) is 20.3. The van der Waals surface area contributed by atoms with Gasteiger partial charge < -0.3 is 9.15 Å². The summed E-state index contributed by atoms with van der Waals surface area (Å²) in [6.45, 7) is 4.50. The van der Waals surface area contributed by atoms with Crippen LogP contribution in [-0.2, 0) is 16.6 Å². The summed E-state index contributed by atoms with van der Waals surface area (Å²) in [5.41, 5.74) is 0.835. The average Bonchev–Trinajstić information content (AvgIpc) is 3.18. The van der Waals surface area contributed by atoms with Crippen LogP contribution in [0.2, 0.25) is 0 Å². The lowest BCUT2D eigenvalue weighted by molar-refractivity contribution is 0.292. The number of rotatable bonds is 10. The van der Waals surface area contributed by atoms with Crippen molar-refractivity contribution in [1.29, 1.82) is 0 Å². The third-order valence-corrected chi connectivity index (χ3v) is 7.19. The molecule has 1 aromatic carbocycles. The fourth-order valence-electron chi connectivity index (χ4n) is 3.38. The number of nitrogens with zero attached hydrogens (tertiary/aromatic N) is 3. The van der Waals surface area contributed by atoms with Gasteiger partial charge in [0.2, 0.25) is 21.8 Å². The molecule has 1 atom stereocenters. The molecule has 1 aliphatic heterocycles. The number of sulfonamides is 1. The maximum absolute atomic E-state index is 12.4. The number of unbranched alkanes of at least 4 members (excludes halogenated alkanes) is 1. The highest BCUT2D eigenvalue weighted by Gasteiger charge is 2.37. The van der Waals surface area contributed by atoms with Crippen molar-refractivity contribution in [1.82, 2.24) is 19.8 Å². The summed E-state index contributed by atoms with van der Waals surface area (Å²) in [5.74, 6) is 1.78. The summed E-state index contributed by atoms with van der Waals surface area (Å²) in [6, 6.07) is 7.76. The molecule has 2 aliphatic rings. The Morgan fingerprint density at radius 3 is 2.72 bits per heavy atom. The Hall–Kier alpha value is -1.97. The third kappa shape index (κ3) is 5.34. The molecule has 1 aliphatic carbocycles. The topological polar surface area (TPSA) is 97.6 Å². The van der Waals surface area contributed by atoms with Gasteiger partial charge in [0.1, 0.15) is 5.75 Å². The number of nitrogens with one attached hydrogen (secondary N) is 1. The molecule has 2 heterocycles. The van der Waals surface area contributed by atoms with E-state index in [0.29, 0.717) is 44.4 Å². The molecule has 0 radical (unpaired) electrons. The fourth-order valence-corrected chi connectivity index (χ4v) is 5.09. The van der Waals surface area contributed by atoms with Gasteiger partial charge >= 0.3 is 0 Å². The molecule has 1 N–H and O–H groups in total. The van der Waals surface area contributed by atoms with E-state index in [1.807, 2.05) is 24.3 Å². The van der Waals surface area contributed by atoms with Crippen molar-refractivity contribution in [2.45, 2.75) is 56.9 Å². The number of ether oxygens (including phenoxy) is 1. The second-order valence-corrected chi connectivity index (χ2v) is 9.80. The lowest BCUT2D eigenvalue weighted by atomic mass is 10.2. The van der Waals surface area contributed by atoms with Crippen LogP contribution >= 0.6 is 0 Å². The van der Waals surface area contributed by atoms with Crippen LogP contribution in [0.5, 0.6) is 5.75 Å². The quantitative estimate of drug-likeness (QED) is 0.590. The number of likely N-dealkylation sites (tertiary alicyclic amines) is 1. The van der Waals surface area contributed by atoms with E-state index < -0.39 is 10.0 Å². The Morgan fingerprint density at radius 2 is 2.00 bits per heavy atom. The molecule has 8 nitrogen and oxygen atoms in total. The Morgan fingerprint density at radius 1 is 1.21 bits per heavy atom. The molecule has 29 heavy (non-hydrogen) atoms. The van der Waals surface area contributed by atoms with Gasteiger partial charge in [-0.15, -0.1) is 10.2 Å². The first kappa shape index (κ1) is 20.3. The predicted octanol–water partition coefficient (Wildman–Crippen LogP) is 2.57. The van der Waals surface area contributed by atoms with E-state index in [1.165, 1.54) is 0 Å². The number of benzene rings is 1. The Labute approximate surface area is 171 Å². The minimum atomic E-state index is -3.24. The van der Waals surface area contributed by atoms with E-state index in [0.717, 1.165) is 37.0 Å². The molecule has 4 rings (SSSR count). The zero-order valence-electron chi connectivity index (χ0n) is 16.7. The lowest BCUT2D eigenvalue weighted by Crippen LogP contribution is -2.37. The smallest absolute Gasteiger partial charge is 0.247 e. The van der Waals surface area contributed by atoms with Gasteiger partial charge in [0.15, 0.2) is 0 Å². The molecule has 1 aromatic heterocycles. The lowest BCUT2D eigenvalue weighted by Gasteiger charge is -2.14. The summed E-state index contributed by atoms with van der Waals surface area (Å²) in [6.07, 6.45) is 4.66. The molecule has 1 unspecified atom stereocenters. The molecule has 0 spiro atoms. The monoisotopic (exact) mass is 420 g/mol. The van der Waals surface area contributed by atoms with Gasteiger partial charge in [0.05, 0.1) is 18.4 Å². The van der Waals surface area contributed by atoms with E-state index in [2.05, 4.69) is 26.7 Å². The van der Waals surface area contributed by atoms with E-state index in [-0.39, 0.29) is 11.3 Å². The minimum absolute atomic E-state index is 0.149. The summed E-state index contributed by atoms with van der Waals surface area (Å²) in [4.78, 5) is 2.05. The van der Waals surface area contributed by atoms with Crippen molar-refractivity contribution >= 4 is 10.0 Å². The van der Waals surface area contributed by atoms with Crippen LogP contribution in [0.4, 0.5) is 0 Å². The van der Waals surface area contributed by atoms with Crippen LogP contribution in [0.3, 0.4) is 0 Å². The fraction of sp³-hybridized carbons (Fsp3) is 0.600. The van der Waals surface area contributed by atoms with Crippen LogP contribution in [0.1, 0.15) is 44.9 Å². The standard InChI is InChI=1S/C20H28N4O4S/c1-2-3-12-27-17-8-4-15(5-9-17)20-22-21-19(28-20)14-24-11-10-18(13-24)29(25,26)23-16-6-7-16/h4-5,8-9,16,18,23H,2-3,6-7,10-14H2,1H3. The third-order valence-electron chi connectivity index (χ3n) is 5.27. The van der Waals surface area contributed by atoms with Crippen molar-refractivity contribution in [2.24, 2.45) is 0 Å². The summed E-state index contributed by atoms with van der Waals surface area (Å²) in [5, 5.41) is 7.89. The molecule has 1 saturated carbocycles. The highest BCUT2D eigenvalue weighted by molar-refractivity contribution is 7.90. The summed E-state index contributed by atoms with van der Waals surface area (Å²) >= 11 is 0. The van der Waals surface area contributed by atoms with E-state index in [4.69, 9.17) is 9.15 Å². The van der Waals surface area contributed by atoms with Gasteiger partial charge in [-0.05, 0) is 49.9 Å². The molecule has 2 fully saturated rings. The molecule has 0 amide bonds. The van der Waals surface area contributed by atoms with Gasteiger partial charge in [-0.1, -0.05) is 13.3 Å².